The lowest BCUT2D eigenvalue weighted by molar-refractivity contribution is -0.138. The Morgan fingerprint density at radius 3 is 1.43 bits per heavy atom. The van der Waals surface area contributed by atoms with Gasteiger partial charge in [-0.15, -0.1) is 0 Å². The molecule has 0 amide bonds. The molecular weight excluding hydrogens is 306 g/mol. The summed E-state index contributed by atoms with van der Waals surface area (Å²) >= 11 is 0. The number of carbonyl (C=O) groups excluding carboxylic acids is 4. The topological polar surface area (TPSA) is 115 Å². The van der Waals surface area contributed by atoms with Gasteiger partial charge >= 0.3 is 5.97 Å². The minimum Gasteiger partial charge on any atom is -0.480 e. The molecule has 0 bridgehead atoms. The fourth-order valence-electron chi connectivity index (χ4n) is 1.96. The monoisotopic (exact) mass is 329 g/mol. The maximum absolute atomic E-state index is 10.7. The first-order valence-corrected chi connectivity index (χ1v) is 7.20. The van der Waals surface area contributed by atoms with Gasteiger partial charge in [-0.25, -0.2) is 0 Å². The van der Waals surface area contributed by atoms with E-state index in [2.05, 4.69) is 0 Å². The number of rotatable bonds is 16. The highest BCUT2D eigenvalue weighted by Crippen LogP contribution is 1.94. The smallest absolute Gasteiger partial charge is 0.317 e. The van der Waals surface area contributed by atoms with Crippen LogP contribution in [0.15, 0.2) is 0 Å². The molecule has 0 unspecified atom stereocenters. The minimum absolute atomic E-state index is 0.00361. The molecule has 0 spiro atoms. The maximum Gasteiger partial charge on any atom is 0.317 e. The van der Waals surface area contributed by atoms with Crippen molar-refractivity contribution in [3.05, 3.63) is 0 Å². The second-order valence-electron chi connectivity index (χ2n) is 4.86. The van der Waals surface area contributed by atoms with Crippen LogP contribution in [-0.2, 0) is 24.0 Å². The molecule has 0 heterocycles. The number of hydrogen-bond acceptors (Lipinski definition) is 8. The van der Waals surface area contributed by atoms with Gasteiger partial charge in [0.25, 0.3) is 0 Å². The molecule has 0 atom stereocenters. The predicted octanol–water partition coefficient (Wildman–Crippen LogP) is -2.23. The number of aldehydes is 4. The Balaban J connectivity index is 4.43. The summed E-state index contributed by atoms with van der Waals surface area (Å²) in [6.45, 7) is 1.75. The fourth-order valence-corrected chi connectivity index (χ4v) is 1.96. The Morgan fingerprint density at radius 1 is 0.652 bits per heavy atom. The van der Waals surface area contributed by atoms with Crippen LogP contribution >= 0.6 is 0 Å². The fraction of sp³-hybridized carbons (Fsp3) is 0.643. The molecule has 0 rings (SSSR count). The van der Waals surface area contributed by atoms with E-state index in [0.717, 1.165) is 6.29 Å². The summed E-state index contributed by atoms with van der Waals surface area (Å²) < 4.78 is 0. The van der Waals surface area contributed by atoms with E-state index < -0.39 is 5.97 Å². The molecular formula is C14H23N3O6. The Bertz CT molecular complexity index is 381. The second kappa shape index (κ2) is 13.7. The van der Waals surface area contributed by atoms with Gasteiger partial charge in [0.05, 0.1) is 32.7 Å². The maximum atomic E-state index is 10.7. The van der Waals surface area contributed by atoms with Crippen molar-refractivity contribution in [3.8, 4) is 0 Å². The number of hydrogen-bond donors (Lipinski definition) is 1. The number of carboxylic acid groups (broad SMARTS) is 1. The first-order chi connectivity index (χ1) is 11.1. The van der Waals surface area contributed by atoms with Crippen molar-refractivity contribution in [1.82, 2.24) is 14.7 Å². The molecule has 130 valence electrons. The summed E-state index contributed by atoms with van der Waals surface area (Å²) in [5.74, 6) is -1.03. The molecule has 9 heteroatoms. The van der Waals surface area contributed by atoms with E-state index in [1.807, 2.05) is 0 Å². The van der Waals surface area contributed by atoms with Gasteiger partial charge < -0.3 is 24.3 Å². The summed E-state index contributed by atoms with van der Waals surface area (Å²) in [5.41, 5.74) is 0. The molecule has 0 aliphatic heterocycles. The quantitative estimate of drug-likeness (QED) is 0.314. The van der Waals surface area contributed by atoms with Crippen molar-refractivity contribution < 1.29 is 29.1 Å². The third-order valence-corrected chi connectivity index (χ3v) is 3.15. The van der Waals surface area contributed by atoms with Crippen LogP contribution in [0.25, 0.3) is 0 Å². The zero-order valence-electron chi connectivity index (χ0n) is 13.0. The highest BCUT2D eigenvalue weighted by Gasteiger charge is 2.13. The Kier molecular flexibility index (Phi) is 12.5. The van der Waals surface area contributed by atoms with Gasteiger partial charge in [-0.05, 0) is 0 Å². The minimum atomic E-state index is -1.03. The van der Waals surface area contributed by atoms with Gasteiger partial charge in [-0.3, -0.25) is 19.5 Å². The lowest BCUT2D eigenvalue weighted by Gasteiger charge is -2.26. The zero-order valence-corrected chi connectivity index (χ0v) is 13.0. The number of carbonyl (C=O) groups is 5. The first-order valence-electron chi connectivity index (χ1n) is 7.20. The first kappa shape index (κ1) is 21.0. The lowest BCUT2D eigenvalue weighted by atomic mass is 10.3. The van der Waals surface area contributed by atoms with Gasteiger partial charge in [0.1, 0.15) is 25.1 Å². The molecule has 0 aromatic rings. The molecule has 1 N–H and O–H groups in total. The highest BCUT2D eigenvalue weighted by molar-refractivity contribution is 5.69. The summed E-state index contributed by atoms with van der Waals surface area (Å²) in [6, 6.07) is 0. The molecule has 0 aliphatic rings. The van der Waals surface area contributed by atoms with Crippen molar-refractivity contribution in [2.24, 2.45) is 0 Å². The molecule has 0 aromatic heterocycles. The lowest BCUT2D eigenvalue weighted by Crippen LogP contribution is -2.42. The largest absolute Gasteiger partial charge is 0.480 e. The Morgan fingerprint density at radius 2 is 1.00 bits per heavy atom. The predicted molar refractivity (Wildman–Crippen MR) is 81.2 cm³/mol. The molecule has 0 aromatic carbocycles. The van der Waals surface area contributed by atoms with E-state index in [-0.39, 0.29) is 32.7 Å². The summed E-state index contributed by atoms with van der Waals surface area (Å²) in [5, 5.41) is 8.77. The van der Waals surface area contributed by atoms with Crippen molar-refractivity contribution in [2.45, 2.75) is 0 Å². The summed E-state index contributed by atoms with van der Waals surface area (Å²) in [4.78, 5) is 57.9. The van der Waals surface area contributed by atoms with E-state index in [1.54, 1.807) is 9.80 Å². The Labute approximate surface area is 134 Å². The van der Waals surface area contributed by atoms with Crippen molar-refractivity contribution in [3.63, 3.8) is 0 Å². The molecule has 0 saturated heterocycles. The third-order valence-electron chi connectivity index (χ3n) is 3.15. The van der Waals surface area contributed by atoms with Crippen LogP contribution in [-0.4, -0.2) is 110 Å². The molecule has 9 nitrogen and oxygen atoms in total. The van der Waals surface area contributed by atoms with Gasteiger partial charge in [-0.2, -0.15) is 0 Å². The van der Waals surface area contributed by atoms with Gasteiger partial charge in [0.15, 0.2) is 0 Å². The SMILES string of the molecule is O=CCN(CC=O)CCN(CC=O)CCN(CC=O)CC(=O)O. The molecule has 0 radical (unpaired) electrons. The molecule has 0 saturated carbocycles. The summed E-state index contributed by atoms with van der Waals surface area (Å²) in [6.07, 6.45) is 2.76. The van der Waals surface area contributed by atoms with E-state index in [4.69, 9.17) is 5.11 Å². The van der Waals surface area contributed by atoms with Crippen LogP contribution in [0.3, 0.4) is 0 Å². The molecule has 0 fully saturated rings. The average molecular weight is 329 g/mol. The number of nitrogens with zero attached hydrogens (tertiary/aromatic N) is 3. The average Bonchev–Trinajstić information content (AvgIpc) is 2.49. The number of carboxylic acids is 1. The van der Waals surface area contributed by atoms with Gasteiger partial charge in [-0.1, -0.05) is 0 Å². The van der Waals surface area contributed by atoms with E-state index in [9.17, 15) is 24.0 Å². The van der Waals surface area contributed by atoms with E-state index in [0.29, 0.717) is 45.0 Å². The van der Waals surface area contributed by atoms with Crippen LogP contribution in [0.1, 0.15) is 0 Å². The molecule has 0 aliphatic carbocycles. The normalized spacial score (nSPS) is 10.9. The standard InChI is InChI=1S/C14H23N3O6/c18-9-5-15(1-2-16(6-10-19)7-11-20)3-4-17(8-12-21)13-14(22)23/h9-12H,1-8,13H2,(H,22,23). The van der Waals surface area contributed by atoms with Crippen LogP contribution in [0.2, 0.25) is 0 Å². The van der Waals surface area contributed by atoms with E-state index >= 15 is 0 Å². The second-order valence-corrected chi connectivity index (χ2v) is 4.86. The van der Waals surface area contributed by atoms with Crippen LogP contribution < -0.4 is 0 Å². The van der Waals surface area contributed by atoms with Crippen molar-refractivity contribution in [2.75, 3.05) is 58.9 Å². The van der Waals surface area contributed by atoms with E-state index in [1.165, 1.54) is 4.90 Å². The van der Waals surface area contributed by atoms with Crippen LogP contribution in [0.4, 0.5) is 0 Å². The van der Waals surface area contributed by atoms with Crippen molar-refractivity contribution in [1.29, 1.82) is 0 Å². The third kappa shape index (κ3) is 11.3. The van der Waals surface area contributed by atoms with Gasteiger partial charge in [0, 0.05) is 26.2 Å². The Hall–Kier alpha value is -1.97. The molecule has 23 heavy (non-hydrogen) atoms. The van der Waals surface area contributed by atoms with Gasteiger partial charge in [0.2, 0.25) is 0 Å². The number of aliphatic carboxylic acids is 1. The zero-order chi connectivity index (χ0) is 17.5. The van der Waals surface area contributed by atoms with Crippen LogP contribution in [0.5, 0.6) is 0 Å². The highest BCUT2D eigenvalue weighted by atomic mass is 16.4. The van der Waals surface area contributed by atoms with Crippen molar-refractivity contribution >= 4 is 31.1 Å². The summed E-state index contributed by atoms with van der Waals surface area (Å²) in [7, 11) is 0. The van der Waals surface area contributed by atoms with Crippen LogP contribution in [0, 0.1) is 0 Å².